The molecule has 0 saturated heterocycles. The van der Waals surface area contributed by atoms with E-state index in [1.807, 2.05) is 0 Å². The summed E-state index contributed by atoms with van der Waals surface area (Å²) in [7, 11) is 0. The van der Waals surface area contributed by atoms with E-state index < -0.39 is 0 Å². The topological polar surface area (TPSA) is 22.2 Å². The Kier molecular flexibility index (Phi) is 2.69. The van der Waals surface area contributed by atoms with Crippen LogP contribution in [0, 0.1) is 19.3 Å². The minimum Gasteiger partial charge on any atom is -0.280 e. The highest BCUT2D eigenvalue weighted by Gasteiger charge is 2.04. The van der Waals surface area contributed by atoms with Crippen LogP contribution < -0.4 is 0 Å². The van der Waals surface area contributed by atoms with Gasteiger partial charge in [0, 0.05) is 6.20 Å². The Bertz CT molecular complexity index is 534. The van der Waals surface area contributed by atoms with Crippen molar-refractivity contribution < 1.29 is 4.39 Å². The third kappa shape index (κ3) is 2.09. The van der Waals surface area contributed by atoms with E-state index in [-0.39, 0.29) is 5.82 Å². The molecule has 0 amide bonds. The van der Waals surface area contributed by atoms with Crippen LogP contribution in [0.15, 0.2) is 30.5 Å². The fraction of sp³-hybridized carbons (Fsp3) is 0.167. The van der Waals surface area contributed by atoms with Crippen LogP contribution in [-0.4, -0.2) is 9.78 Å². The zero-order valence-corrected chi connectivity index (χ0v) is 8.81. The highest BCUT2D eigenvalue weighted by molar-refractivity contribution is 5.46. The van der Waals surface area contributed by atoms with Gasteiger partial charge in [0.25, 0.3) is 0 Å². The number of halogens is 1. The minimum absolute atomic E-state index is 0.248. The van der Waals surface area contributed by atoms with Gasteiger partial charge >= 0.3 is 0 Å². The molecule has 2 aromatic rings. The summed E-state index contributed by atoms with van der Waals surface area (Å²) in [6.07, 6.45) is 1.70. The first kappa shape index (κ1) is 10.4. The van der Waals surface area contributed by atoms with Crippen LogP contribution in [0.1, 0.15) is 11.3 Å². The molecule has 1 aromatic carbocycles. The van der Waals surface area contributed by atoms with Crippen LogP contribution >= 0.6 is 0 Å². The number of hydrogen-bond donors (Lipinski definition) is 0. The standard InChI is InChI=1S/C12H10FN3/c1-9-12(14-2)8-16(15-9)7-10-3-5-11(13)6-4-10/h3-6,8H,7H2,1H3. The maximum Gasteiger partial charge on any atom is 0.227 e. The fourth-order valence-electron chi connectivity index (χ4n) is 1.47. The number of nitrogens with zero attached hydrogens (tertiary/aromatic N) is 3. The fourth-order valence-corrected chi connectivity index (χ4v) is 1.47. The summed E-state index contributed by atoms with van der Waals surface area (Å²) in [5, 5.41) is 4.21. The lowest BCUT2D eigenvalue weighted by atomic mass is 10.2. The molecule has 0 atom stereocenters. The van der Waals surface area contributed by atoms with Gasteiger partial charge in [-0.3, -0.25) is 4.68 Å². The number of rotatable bonds is 2. The van der Waals surface area contributed by atoms with Crippen LogP contribution in [0.2, 0.25) is 0 Å². The number of hydrogen-bond acceptors (Lipinski definition) is 1. The van der Waals surface area contributed by atoms with Gasteiger partial charge in [-0.25, -0.2) is 9.24 Å². The first-order valence-electron chi connectivity index (χ1n) is 4.85. The van der Waals surface area contributed by atoms with Gasteiger partial charge in [0.15, 0.2) is 0 Å². The summed E-state index contributed by atoms with van der Waals surface area (Å²) < 4.78 is 14.4. The van der Waals surface area contributed by atoms with Crippen LogP contribution in [0.3, 0.4) is 0 Å². The molecule has 1 aromatic heterocycles. The van der Waals surface area contributed by atoms with Crippen molar-refractivity contribution in [2.24, 2.45) is 0 Å². The summed E-state index contributed by atoms with van der Waals surface area (Å²) in [5.74, 6) is -0.248. The van der Waals surface area contributed by atoms with E-state index in [0.717, 1.165) is 11.3 Å². The maximum atomic E-state index is 12.7. The first-order valence-corrected chi connectivity index (χ1v) is 4.85. The minimum atomic E-state index is -0.248. The monoisotopic (exact) mass is 215 g/mol. The Labute approximate surface area is 93.0 Å². The molecule has 0 fully saturated rings. The van der Waals surface area contributed by atoms with Gasteiger partial charge in [-0.2, -0.15) is 5.10 Å². The lowest BCUT2D eigenvalue weighted by molar-refractivity contribution is 0.624. The largest absolute Gasteiger partial charge is 0.280 e. The second-order valence-electron chi connectivity index (χ2n) is 3.54. The lowest BCUT2D eigenvalue weighted by Crippen LogP contribution is -2.00. The third-order valence-corrected chi connectivity index (χ3v) is 2.30. The molecule has 0 radical (unpaired) electrons. The second kappa shape index (κ2) is 4.15. The van der Waals surface area contributed by atoms with Crippen molar-refractivity contribution in [2.45, 2.75) is 13.5 Å². The summed E-state index contributed by atoms with van der Waals surface area (Å²) in [6, 6.07) is 6.26. The van der Waals surface area contributed by atoms with E-state index in [0.29, 0.717) is 12.2 Å². The van der Waals surface area contributed by atoms with Crippen molar-refractivity contribution in [3.63, 3.8) is 0 Å². The van der Waals surface area contributed by atoms with E-state index >= 15 is 0 Å². The predicted octanol–water partition coefficient (Wildman–Crippen LogP) is 2.93. The molecular formula is C12H10FN3. The quantitative estimate of drug-likeness (QED) is 0.706. The summed E-state index contributed by atoms with van der Waals surface area (Å²) in [5.41, 5.74) is 2.24. The van der Waals surface area contributed by atoms with E-state index in [1.165, 1.54) is 12.1 Å². The molecule has 0 aliphatic heterocycles. The Morgan fingerprint density at radius 3 is 2.62 bits per heavy atom. The molecular weight excluding hydrogens is 205 g/mol. The van der Waals surface area contributed by atoms with E-state index in [2.05, 4.69) is 9.94 Å². The van der Waals surface area contributed by atoms with Crippen molar-refractivity contribution in [1.82, 2.24) is 9.78 Å². The molecule has 0 aliphatic carbocycles. The average Bonchev–Trinajstić information content (AvgIpc) is 2.62. The van der Waals surface area contributed by atoms with Gasteiger partial charge in [-0.1, -0.05) is 12.1 Å². The zero-order valence-electron chi connectivity index (χ0n) is 8.81. The molecule has 0 saturated carbocycles. The molecule has 0 unspecified atom stereocenters. The first-order chi connectivity index (χ1) is 7.69. The highest BCUT2D eigenvalue weighted by atomic mass is 19.1. The van der Waals surface area contributed by atoms with E-state index in [9.17, 15) is 4.39 Å². The van der Waals surface area contributed by atoms with E-state index in [1.54, 1.807) is 29.9 Å². The zero-order chi connectivity index (χ0) is 11.5. The number of aromatic nitrogens is 2. The molecule has 4 heteroatoms. The van der Waals surface area contributed by atoms with Crippen molar-refractivity contribution in [1.29, 1.82) is 0 Å². The van der Waals surface area contributed by atoms with Crippen molar-refractivity contribution in [3.05, 3.63) is 59.0 Å². The molecule has 1 heterocycles. The Morgan fingerprint density at radius 2 is 2.06 bits per heavy atom. The number of benzene rings is 1. The summed E-state index contributed by atoms with van der Waals surface area (Å²) in [4.78, 5) is 3.35. The lowest BCUT2D eigenvalue weighted by Gasteiger charge is -2.01. The highest BCUT2D eigenvalue weighted by Crippen LogP contribution is 2.16. The molecule has 2 rings (SSSR count). The second-order valence-corrected chi connectivity index (χ2v) is 3.54. The molecule has 3 nitrogen and oxygen atoms in total. The number of aryl methyl sites for hydroxylation is 1. The van der Waals surface area contributed by atoms with Gasteiger partial charge in [0.05, 0.1) is 18.8 Å². The SMILES string of the molecule is [C-]#[N+]c1cn(Cc2ccc(F)cc2)nc1C. The Morgan fingerprint density at radius 1 is 1.38 bits per heavy atom. The third-order valence-electron chi connectivity index (χ3n) is 2.30. The van der Waals surface area contributed by atoms with Crippen molar-refractivity contribution in [3.8, 4) is 0 Å². The van der Waals surface area contributed by atoms with E-state index in [4.69, 9.17) is 6.57 Å². The van der Waals surface area contributed by atoms with Gasteiger partial charge in [0.2, 0.25) is 5.69 Å². The van der Waals surface area contributed by atoms with Gasteiger partial charge in [-0.15, -0.1) is 0 Å². The molecule has 0 bridgehead atoms. The Hall–Kier alpha value is -2.15. The molecule has 0 aliphatic rings. The van der Waals surface area contributed by atoms with Crippen LogP contribution in [-0.2, 0) is 6.54 Å². The maximum absolute atomic E-state index is 12.7. The predicted molar refractivity (Wildman–Crippen MR) is 58.7 cm³/mol. The van der Waals surface area contributed by atoms with Crippen molar-refractivity contribution in [2.75, 3.05) is 0 Å². The smallest absolute Gasteiger partial charge is 0.227 e. The van der Waals surface area contributed by atoms with Crippen molar-refractivity contribution >= 4 is 5.69 Å². The average molecular weight is 215 g/mol. The van der Waals surface area contributed by atoms with Crippen LogP contribution in [0.5, 0.6) is 0 Å². The summed E-state index contributed by atoms with van der Waals surface area (Å²) >= 11 is 0. The van der Waals surface area contributed by atoms with Crippen LogP contribution in [0.25, 0.3) is 4.85 Å². The van der Waals surface area contributed by atoms with Gasteiger partial charge in [-0.05, 0) is 24.6 Å². The molecule has 0 N–H and O–H groups in total. The Balaban J connectivity index is 2.21. The normalized spacial score (nSPS) is 10.1. The molecule has 0 spiro atoms. The van der Waals surface area contributed by atoms with Gasteiger partial charge in [0.1, 0.15) is 5.82 Å². The van der Waals surface area contributed by atoms with Gasteiger partial charge < -0.3 is 0 Å². The molecule has 80 valence electrons. The molecule has 16 heavy (non-hydrogen) atoms. The van der Waals surface area contributed by atoms with Crippen LogP contribution in [0.4, 0.5) is 10.1 Å². The summed E-state index contributed by atoms with van der Waals surface area (Å²) in [6.45, 7) is 9.28.